The van der Waals surface area contributed by atoms with Gasteiger partial charge in [0.25, 0.3) is 0 Å². The lowest BCUT2D eigenvalue weighted by Gasteiger charge is -2.26. The van der Waals surface area contributed by atoms with Gasteiger partial charge in [-0.3, -0.25) is 4.79 Å². The second-order valence-corrected chi connectivity index (χ2v) is 5.94. The Balaban J connectivity index is 2.06. The van der Waals surface area contributed by atoms with E-state index in [1.54, 1.807) is 6.08 Å². The molecule has 0 aromatic heterocycles. The number of nitrogens with one attached hydrogen (secondary N) is 1. The summed E-state index contributed by atoms with van der Waals surface area (Å²) in [6, 6.07) is 7.93. The van der Waals surface area contributed by atoms with Crippen molar-refractivity contribution in [3.05, 3.63) is 42.5 Å². The summed E-state index contributed by atoms with van der Waals surface area (Å²) in [6.45, 7) is 9.49. The molecule has 0 aliphatic carbocycles. The van der Waals surface area contributed by atoms with Gasteiger partial charge in [0.2, 0.25) is 5.91 Å². The highest BCUT2D eigenvalue weighted by Gasteiger charge is 2.24. The van der Waals surface area contributed by atoms with Crippen molar-refractivity contribution in [2.75, 3.05) is 26.2 Å². The van der Waals surface area contributed by atoms with Gasteiger partial charge in [0.1, 0.15) is 12.4 Å². The van der Waals surface area contributed by atoms with Gasteiger partial charge in [-0.05, 0) is 45.3 Å². The largest absolute Gasteiger partial charge is 0.489 e. The number of carbonyl (C=O) groups is 1. The molecule has 0 spiro atoms. The molecule has 0 saturated carbocycles. The molecule has 1 aromatic carbocycles. The van der Waals surface area contributed by atoms with Crippen LogP contribution in [0.4, 0.5) is 0 Å². The minimum absolute atomic E-state index is 0.145. The number of ether oxygens (including phenoxy) is 1. The van der Waals surface area contributed by atoms with E-state index in [2.05, 4.69) is 11.9 Å². The predicted molar refractivity (Wildman–Crippen MR) is 93.4 cm³/mol. The average Bonchev–Trinajstić information content (AvgIpc) is 2.87. The van der Waals surface area contributed by atoms with E-state index in [-0.39, 0.29) is 11.8 Å². The Bertz CT molecular complexity index is 508. The Kier molecular flexibility index (Phi) is 7.14. The van der Waals surface area contributed by atoms with E-state index in [4.69, 9.17) is 4.74 Å². The molecule has 1 saturated heterocycles. The van der Waals surface area contributed by atoms with Gasteiger partial charge in [0, 0.05) is 24.6 Å². The highest BCUT2D eigenvalue weighted by Crippen LogP contribution is 2.23. The zero-order chi connectivity index (χ0) is 16.5. The fourth-order valence-corrected chi connectivity index (χ4v) is 3.00. The van der Waals surface area contributed by atoms with Gasteiger partial charge >= 0.3 is 0 Å². The lowest BCUT2D eigenvalue weighted by atomic mass is 9.98. The number of carbonyl (C=O) groups excluding carboxylic acids is 1. The topological polar surface area (TPSA) is 41.6 Å². The van der Waals surface area contributed by atoms with Gasteiger partial charge in [-0.15, -0.1) is 0 Å². The molecule has 1 amide bonds. The molecule has 126 valence electrons. The molecule has 0 bridgehead atoms. The van der Waals surface area contributed by atoms with Crippen molar-refractivity contribution in [2.24, 2.45) is 5.92 Å². The second kappa shape index (κ2) is 9.36. The van der Waals surface area contributed by atoms with Gasteiger partial charge in [0.05, 0.1) is 0 Å². The zero-order valence-corrected chi connectivity index (χ0v) is 14.1. The molecule has 1 N–H and O–H groups in total. The number of benzene rings is 1. The lowest BCUT2D eigenvalue weighted by molar-refractivity contribution is -0.136. The SMILES string of the molecule is C=CCOc1ccccc1CN(CC)C(=O)C1CCCNCC1. The Hall–Kier alpha value is -1.81. The Morgan fingerprint density at radius 3 is 3.00 bits per heavy atom. The summed E-state index contributed by atoms with van der Waals surface area (Å²) < 4.78 is 5.71. The minimum atomic E-state index is 0.145. The summed E-state index contributed by atoms with van der Waals surface area (Å²) in [5.74, 6) is 1.25. The molecule has 1 unspecified atom stereocenters. The molecule has 1 heterocycles. The van der Waals surface area contributed by atoms with Crippen molar-refractivity contribution in [1.82, 2.24) is 10.2 Å². The van der Waals surface area contributed by atoms with Crippen molar-refractivity contribution >= 4 is 5.91 Å². The molecule has 4 nitrogen and oxygen atoms in total. The third-order valence-corrected chi connectivity index (χ3v) is 4.31. The first-order chi connectivity index (χ1) is 11.3. The van der Waals surface area contributed by atoms with Crippen LogP contribution in [0.2, 0.25) is 0 Å². The van der Waals surface area contributed by atoms with Crippen LogP contribution in [0.3, 0.4) is 0 Å². The highest BCUT2D eigenvalue weighted by atomic mass is 16.5. The van der Waals surface area contributed by atoms with Crippen molar-refractivity contribution < 1.29 is 9.53 Å². The molecule has 1 aliphatic heterocycles. The maximum Gasteiger partial charge on any atom is 0.226 e. The summed E-state index contributed by atoms with van der Waals surface area (Å²) >= 11 is 0. The monoisotopic (exact) mass is 316 g/mol. The summed E-state index contributed by atoms with van der Waals surface area (Å²) in [6.07, 6.45) is 4.73. The van der Waals surface area contributed by atoms with E-state index in [1.807, 2.05) is 36.1 Å². The van der Waals surface area contributed by atoms with E-state index >= 15 is 0 Å². The fraction of sp³-hybridized carbons (Fsp3) is 0.526. The summed E-state index contributed by atoms with van der Waals surface area (Å²) in [7, 11) is 0. The highest BCUT2D eigenvalue weighted by molar-refractivity contribution is 5.79. The number of nitrogens with zero attached hydrogens (tertiary/aromatic N) is 1. The van der Waals surface area contributed by atoms with E-state index in [1.165, 1.54) is 0 Å². The van der Waals surface area contributed by atoms with Gasteiger partial charge < -0.3 is 15.0 Å². The third kappa shape index (κ3) is 5.10. The predicted octanol–water partition coefficient (Wildman–Crippen LogP) is 2.99. The summed E-state index contributed by atoms with van der Waals surface area (Å²) in [4.78, 5) is 14.8. The Labute approximate surface area is 139 Å². The molecular formula is C19H28N2O2. The number of para-hydroxylation sites is 1. The molecule has 1 atom stereocenters. The van der Waals surface area contributed by atoms with E-state index in [0.717, 1.165) is 50.2 Å². The van der Waals surface area contributed by atoms with Crippen LogP contribution in [0.15, 0.2) is 36.9 Å². The first kappa shape index (κ1) is 17.5. The van der Waals surface area contributed by atoms with Gasteiger partial charge in [0.15, 0.2) is 0 Å². The number of hydrogen-bond acceptors (Lipinski definition) is 3. The maximum absolute atomic E-state index is 12.9. The number of rotatable bonds is 7. The lowest BCUT2D eigenvalue weighted by Crippen LogP contribution is -2.36. The second-order valence-electron chi connectivity index (χ2n) is 5.94. The van der Waals surface area contributed by atoms with Crippen molar-refractivity contribution in [3.8, 4) is 5.75 Å². The van der Waals surface area contributed by atoms with Crippen molar-refractivity contribution in [2.45, 2.75) is 32.7 Å². The van der Waals surface area contributed by atoms with Crippen LogP contribution in [-0.4, -0.2) is 37.0 Å². The van der Waals surface area contributed by atoms with Crippen LogP contribution >= 0.6 is 0 Å². The van der Waals surface area contributed by atoms with E-state index in [0.29, 0.717) is 13.2 Å². The maximum atomic E-state index is 12.9. The molecular weight excluding hydrogens is 288 g/mol. The van der Waals surface area contributed by atoms with E-state index in [9.17, 15) is 4.79 Å². The molecule has 1 aromatic rings. The van der Waals surface area contributed by atoms with Crippen molar-refractivity contribution in [3.63, 3.8) is 0 Å². The normalized spacial score (nSPS) is 18.0. The Morgan fingerprint density at radius 2 is 2.22 bits per heavy atom. The number of amides is 1. The van der Waals surface area contributed by atoms with Crippen LogP contribution < -0.4 is 10.1 Å². The molecule has 1 aliphatic rings. The van der Waals surface area contributed by atoms with Gasteiger partial charge in [-0.25, -0.2) is 0 Å². The third-order valence-electron chi connectivity index (χ3n) is 4.31. The van der Waals surface area contributed by atoms with Crippen molar-refractivity contribution in [1.29, 1.82) is 0 Å². The van der Waals surface area contributed by atoms with E-state index < -0.39 is 0 Å². The molecule has 0 radical (unpaired) electrons. The molecule has 2 rings (SSSR count). The quantitative estimate of drug-likeness (QED) is 0.786. The van der Waals surface area contributed by atoms with Crippen LogP contribution in [0.1, 0.15) is 31.7 Å². The molecule has 23 heavy (non-hydrogen) atoms. The Morgan fingerprint density at radius 1 is 1.39 bits per heavy atom. The smallest absolute Gasteiger partial charge is 0.226 e. The van der Waals surface area contributed by atoms with Crippen LogP contribution in [-0.2, 0) is 11.3 Å². The van der Waals surface area contributed by atoms with Gasteiger partial charge in [-0.1, -0.05) is 30.9 Å². The number of hydrogen-bond donors (Lipinski definition) is 1. The first-order valence-corrected chi connectivity index (χ1v) is 8.57. The fourth-order valence-electron chi connectivity index (χ4n) is 3.00. The molecule has 4 heteroatoms. The average molecular weight is 316 g/mol. The van der Waals surface area contributed by atoms with Crippen LogP contribution in [0.5, 0.6) is 5.75 Å². The summed E-state index contributed by atoms with van der Waals surface area (Å²) in [5, 5.41) is 3.37. The van der Waals surface area contributed by atoms with Crippen LogP contribution in [0.25, 0.3) is 0 Å². The molecule has 1 fully saturated rings. The zero-order valence-electron chi connectivity index (χ0n) is 14.1. The standard InChI is InChI=1S/C19H28N2O2/c1-3-14-23-18-10-6-5-8-17(18)15-21(4-2)19(22)16-9-7-12-20-13-11-16/h3,5-6,8,10,16,20H,1,4,7,9,11-15H2,2H3. The first-order valence-electron chi connectivity index (χ1n) is 8.57. The van der Waals surface area contributed by atoms with Crippen LogP contribution in [0, 0.1) is 5.92 Å². The minimum Gasteiger partial charge on any atom is -0.489 e. The van der Waals surface area contributed by atoms with Gasteiger partial charge in [-0.2, -0.15) is 0 Å². The summed E-state index contributed by atoms with van der Waals surface area (Å²) in [5.41, 5.74) is 1.05.